The van der Waals surface area contributed by atoms with Gasteiger partial charge >= 0.3 is 0 Å². The summed E-state index contributed by atoms with van der Waals surface area (Å²) in [7, 11) is 1.65. The van der Waals surface area contributed by atoms with Crippen LogP contribution in [0.15, 0.2) is 41.2 Å². The minimum absolute atomic E-state index is 0.0749. The third-order valence-electron chi connectivity index (χ3n) is 3.66. The summed E-state index contributed by atoms with van der Waals surface area (Å²) in [5, 5.41) is 0. The van der Waals surface area contributed by atoms with Crippen molar-refractivity contribution in [2.75, 3.05) is 7.11 Å². The zero-order chi connectivity index (χ0) is 14.1. The number of para-hydroxylation sites is 1. The molecule has 1 aliphatic carbocycles. The van der Waals surface area contributed by atoms with Gasteiger partial charge in [-0.3, -0.25) is 4.79 Å². The first-order valence-electron chi connectivity index (χ1n) is 6.75. The lowest BCUT2D eigenvalue weighted by Crippen LogP contribution is -2.23. The maximum Gasteiger partial charge on any atom is 0.255 e. The molecular weight excluding hydrogens is 270 g/mol. The van der Waals surface area contributed by atoms with E-state index in [0.717, 1.165) is 35.4 Å². The molecule has 0 N–H and O–H groups in total. The minimum Gasteiger partial charge on any atom is -0.496 e. The largest absolute Gasteiger partial charge is 0.496 e. The molecule has 104 valence electrons. The number of pyridine rings is 1. The summed E-state index contributed by atoms with van der Waals surface area (Å²) < 4.78 is 7.33. The Bertz CT molecular complexity index is 689. The van der Waals surface area contributed by atoms with Crippen molar-refractivity contribution >= 4 is 12.6 Å². The molecule has 3 rings (SSSR count). The van der Waals surface area contributed by atoms with Gasteiger partial charge in [0, 0.05) is 22.9 Å². The summed E-state index contributed by atoms with van der Waals surface area (Å²) >= 11 is 4.24. The second-order valence-electron chi connectivity index (χ2n) is 5.01. The van der Waals surface area contributed by atoms with Gasteiger partial charge in [-0.05, 0) is 31.0 Å². The molecule has 1 fully saturated rings. The van der Waals surface area contributed by atoms with Crippen LogP contribution in [0.1, 0.15) is 24.4 Å². The zero-order valence-corrected chi connectivity index (χ0v) is 12.3. The number of thiol groups is 1. The summed E-state index contributed by atoms with van der Waals surface area (Å²) in [6, 6.07) is 12.0. The molecule has 1 saturated carbocycles. The molecule has 0 unspecified atom stereocenters. The van der Waals surface area contributed by atoms with E-state index < -0.39 is 0 Å². The summed E-state index contributed by atoms with van der Waals surface area (Å²) in [5.74, 6) is 1.26. The fourth-order valence-electron chi connectivity index (χ4n) is 2.49. The second kappa shape index (κ2) is 5.37. The maximum atomic E-state index is 12.5. The highest BCUT2D eigenvalue weighted by molar-refractivity contribution is 7.79. The summed E-state index contributed by atoms with van der Waals surface area (Å²) in [4.78, 5) is 12.5. The van der Waals surface area contributed by atoms with Crippen molar-refractivity contribution in [2.45, 2.75) is 24.6 Å². The summed E-state index contributed by atoms with van der Waals surface area (Å²) in [5.41, 5.74) is 2.72. The van der Waals surface area contributed by atoms with E-state index in [0.29, 0.717) is 11.8 Å². The van der Waals surface area contributed by atoms with Crippen molar-refractivity contribution in [3.63, 3.8) is 0 Å². The van der Waals surface area contributed by atoms with Crippen LogP contribution in [0.4, 0.5) is 0 Å². The number of rotatable bonds is 4. The first-order chi connectivity index (χ1) is 9.76. The first kappa shape index (κ1) is 13.3. The number of benzene rings is 1. The molecule has 0 aliphatic heterocycles. The van der Waals surface area contributed by atoms with Crippen molar-refractivity contribution < 1.29 is 4.74 Å². The van der Waals surface area contributed by atoms with E-state index in [9.17, 15) is 4.79 Å². The Labute approximate surface area is 123 Å². The minimum atomic E-state index is 0.0749. The lowest BCUT2D eigenvalue weighted by atomic mass is 10.1. The van der Waals surface area contributed by atoms with E-state index in [4.69, 9.17) is 4.74 Å². The van der Waals surface area contributed by atoms with Crippen LogP contribution < -0.4 is 10.3 Å². The molecule has 0 radical (unpaired) electrons. The van der Waals surface area contributed by atoms with Crippen LogP contribution in [0.5, 0.6) is 5.75 Å². The van der Waals surface area contributed by atoms with Gasteiger partial charge in [-0.15, -0.1) is 0 Å². The van der Waals surface area contributed by atoms with Crippen LogP contribution in [0.25, 0.3) is 11.3 Å². The molecule has 1 heterocycles. The van der Waals surface area contributed by atoms with E-state index in [2.05, 4.69) is 12.6 Å². The molecule has 0 bridgehead atoms. The van der Waals surface area contributed by atoms with Crippen molar-refractivity contribution in [1.82, 2.24) is 4.57 Å². The van der Waals surface area contributed by atoms with Gasteiger partial charge in [-0.1, -0.05) is 18.2 Å². The van der Waals surface area contributed by atoms with Gasteiger partial charge in [0.05, 0.1) is 12.8 Å². The Kier molecular flexibility index (Phi) is 3.57. The Balaban J connectivity index is 2.23. The van der Waals surface area contributed by atoms with Gasteiger partial charge in [-0.25, -0.2) is 0 Å². The fourth-order valence-corrected chi connectivity index (χ4v) is 2.73. The van der Waals surface area contributed by atoms with Crippen molar-refractivity contribution in [3.8, 4) is 17.0 Å². The Morgan fingerprint density at radius 2 is 2.00 bits per heavy atom. The number of ether oxygens (including phenoxy) is 1. The van der Waals surface area contributed by atoms with E-state index in [1.807, 2.05) is 41.0 Å². The predicted octanol–water partition coefficient (Wildman–Crippen LogP) is 3.29. The molecule has 0 spiro atoms. The van der Waals surface area contributed by atoms with Crippen LogP contribution in [0.2, 0.25) is 0 Å². The third kappa shape index (κ3) is 2.24. The molecular formula is C16H17NO2S. The molecule has 1 aliphatic rings. The van der Waals surface area contributed by atoms with Gasteiger partial charge in [0.2, 0.25) is 0 Å². The number of aromatic nitrogens is 1. The van der Waals surface area contributed by atoms with Gasteiger partial charge in [0.15, 0.2) is 0 Å². The van der Waals surface area contributed by atoms with Crippen LogP contribution in [-0.2, 0) is 5.75 Å². The molecule has 20 heavy (non-hydrogen) atoms. The lowest BCUT2D eigenvalue weighted by Gasteiger charge is -2.16. The summed E-state index contributed by atoms with van der Waals surface area (Å²) in [6.07, 6.45) is 2.14. The maximum absolute atomic E-state index is 12.5. The topological polar surface area (TPSA) is 31.2 Å². The Morgan fingerprint density at radius 1 is 1.25 bits per heavy atom. The first-order valence-corrected chi connectivity index (χ1v) is 7.38. The van der Waals surface area contributed by atoms with Gasteiger partial charge in [0.25, 0.3) is 5.56 Å². The molecule has 2 aromatic rings. The molecule has 0 atom stereocenters. The zero-order valence-electron chi connectivity index (χ0n) is 11.4. The van der Waals surface area contributed by atoms with Crippen LogP contribution in [-0.4, -0.2) is 11.7 Å². The van der Waals surface area contributed by atoms with Crippen LogP contribution in [0, 0.1) is 0 Å². The smallest absolute Gasteiger partial charge is 0.255 e. The van der Waals surface area contributed by atoms with Crippen molar-refractivity contribution in [3.05, 3.63) is 52.3 Å². The quantitative estimate of drug-likeness (QED) is 0.875. The third-order valence-corrected chi connectivity index (χ3v) is 4.00. The number of hydrogen-bond donors (Lipinski definition) is 1. The van der Waals surface area contributed by atoms with Gasteiger partial charge in [0.1, 0.15) is 5.75 Å². The Morgan fingerprint density at radius 3 is 2.65 bits per heavy atom. The Hall–Kier alpha value is -1.68. The fraction of sp³-hybridized carbons (Fsp3) is 0.312. The van der Waals surface area contributed by atoms with E-state index >= 15 is 0 Å². The van der Waals surface area contributed by atoms with Crippen LogP contribution in [0.3, 0.4) is 0 Å². The molecule has 4 heteroatoms. The van der Waals surface area contributed by atoms with Gasteiger partial charge < -0.3 is 9.30 Å². The average molecular weight is 287 g/mol. The highest BCUT2D eigenvalue weighted by Gasteiger charge is 2.28. The number of methoxy groups -OCH3 is 1. The average Bonchev–Trinajstić information content (AvgIpc) is 3.31. The second-order valence-corrected chi connectivity index (χ2v) is 5.32. The monoisotopic (exact) mass is 287 g/mol. The molecule has 3 nitrogen and oxygen atoms in total. The van der Waals surface area contributed by atoms with Gasteiger partial charge in [-0.2, -0.15) is 12.6 Å². The SMILES string of the molecule is COc1ccccc1-c1ccc(CS)c(=O)n1C1CC1. The van der Waals surface area contributed by atoms with E-state index in [1.54, 1.807) is 7.11 Å². The van der Waals surface area contributed by atoms with Crippen molar-refractivity contribution in [1.29, 1.82) is 0 Å². The lowest BCUT2D eigenvalue weighted by molar-refractivity contribution is 0.416. The highest BCUT2D eigenvalue weighted by Crippen LogP contribution is 2.39. The number of nitrogens with zero attached hydrogens (tertiary/aromatic N) is 1. The number of hydrogen-bond acceptors (Lipinski definition) is 3. The molecule has 1 aromatic heterocycles. The molecule has 0 amide bonds. The molecule has 0 saturated heterocycles. The molecule has 1 aromatic carbocycles. The van der Waals surface area contributed by atoms with E-state index in [-0.39, 0.29) is 5.56 Å². The normalized spacial score (nSPS) is 14.3. The van der Waals surface area contributed by atoms with Crippen molar-refractivity contribution in [2.24, 2.45) is 0 Å². The highest BCUT2D eigenvalue weighted by atomic mass is 32.1. The summed E-state index contributed by atoms with van der Waals surface area (Å²) in [6.45, 7) is 0. The van der Waals surface area contributed by atoms with E-state index in [1.165, 1.54) is 0 Å². The predicted molar refractivity (Wildman–Crippen MR) is 83.7 cm³/mol. The standard InChI is InChI=1S/C16H17NO2S/c1-19-15-5-3-2-4-13(15)14-9-6-11(10-20)16(18)17(14)12-7-8-12/h2-6,9,12,20H,7-8,10H2,1H3. The van der Waals surface area contributed by atoms with Crippen LogP contribution >= 0.6 is 12.6 Å².